The molecule has 7 nitrogen and oxygen atoms in total. The monoisotopic (exact) mass is 545 g/mol. The molecule has 0 aliphatic rings. The molecular formula is C29H27N3O4S2. The molecule has 1 heterocycles. The molecule has 0 aliphatic heterocycles. The Morgan fingerprint density at radius 3 is 2.53 bits per heavy atom. The third kappa shape index (κ3) is 7.53. The lowest BCUT2D eigenvalue weighted by molar-refractivity contribution is -0.142. The van der Waals surface area contributed by atoms with Crippen LogP contribution in [0.4, 0.5) is 10.8 Å². The third-order valence-electron chi connectivity index (χ3n) is 5.38. The zero-order valence-electron chi connectivity index (χ0n) is 21.0. The van der Waals surface area contributed by atoms with Crippen LogP contribution in [0.5, 0.6) is 0 Å². The first-order chi connectivity index (χ1) is 18.4. The molecule has 1 unspecified atom stereocenters. The normalized spacial score (nSPS) is 11.4. The van der Waals surface area contributed by atoms with Crippen molar-refractivity contribution in [2.45, 2.75) is 30.4 Å². The number of aryl methyl sites for hydroxylation is 1. The lowest BCUT2D eigenvalue weighted by Crippen LogP contribution is -2.19. The summed E-state index contributed by atoms with van der Waals surface area (Å²) in [5.74, 6) is -0.800. The number of rotatable bonds is 10. The largest absolute Gasteiger partial charge is 0.466 e. The Labute approximate surface area is 229 Å². The molecule has 9 heteroatoms. The average molecular weight is 546 g/mol. The molecule has 194 valence electrons. The van der Waals surface area contributed by atoms with Crippen LogP contribution in [0, 0.1) is 6.92 Å². The summed E-state index contributed by atoms with van der Waals surface area (Å²) in [6.45, 7) is 3.99. The van der Waals surface area contributed by atoms with Gasteiger partial charge in [0.1, 0.15) is 5.25 Å². The molecule has 0 aliphatic carbocycles. The Hall–Kier alpha value is -3.95. The van der Waals surface area contributed by atoms with E-state index < -0.39 is 5.25 Å². The SMILES string of the molecule is CCOC(=O)Cc1csc(NC(=O)C(Sc2cccc(NC(=O)c3cccc(C)c3)c2)c2ccccc2)n1. The molecule has 0 saturated heterocycles. The Morgan fingerprint density at radius 2 is 1.76 bits per heavy atom. The summed E-state index contributed by atoms with van der Waals surface area (Å²) in [4.78, 5) is 43.1. The highest BCUT2D eigenvalue weighted by Crippen LogP contribution is 2.37. The van der Waals surface area contributed by atoms with Crippen LogP contribution in [0.1, 0.15) is 39.4 Å². The quantitative estimate of drug-likeness (QED) is 0.180. The highest BCUT2D eigenvalue weighted by atomic mass is 32.2. The van der Waals surface area contributed by atoms with E-state index in [0.29, 0.717) is 28.7 Å². The van der Waals surface area contributed by atoms with Crippen molar-refractivity contribution in [1.29, 1.82) is 0 Å². The van der Waals surface area contributed by atoms with Crippen molar-refractivity contribution in [2.75, 3.05) is 17.2 Å². The second-order valence-electron chi connectivity index (χ2n) is 8.38. The van der Waals surface area contributed by atoms with Gasteiger partial charge in [-0.1, -0.05) is 54.1 Å². The van der Waals surface area contributed by atoms with Crippen LogP contribution in [-0.2, 0) is 20.7 Å². The van der Waals surface area contributed by atoms with Crippen molar-refractivity contribution < 1.29 is 19.1 Å². The number of hydrogen-bond donors (Lipinski definition) is 2. The lowest BCUT2D eigenvalue weighted by Gasteiger charge is -2.17. The van der Waals surface area contributed by atoms with Crippen molar-refractivity contribution in [3.8, 4) is 0 Å². The standard InChI is InChI=1S/C29H27N3O4S2/c1-3-36-25(33)17-23-18-37-29(31-23)32-28(35)26(20-10-5-4-6-11-20)38-24-14-8-13-22(16-24)30-27(34)21-12-7-9-19(2)15-21/h4-16,18,26H,3,17H2,1-2H3,(H,30,34)(H,31,32,35). The number of carbonyl (C=O) groups excluding carboxylic acids is 3. The summed E-state index contributed by atoms with van der Waals surface area (Å²) in [5, 5.41) is 7.39. The van der Waals surface area contributed by atoms with Crippen molar-refractivity contribution >= 4 is 51.7 Å². The van der Waals surface area contributed by atoms with Gasteiger partial charge in [-0.15, -0.1) is 23.1 Å². The number of thiazole rings is 1. The van der Waals surface area contributed by atoms with Gasteiger partial charge in [-0.3, -0.25) is 14.4 Å². The first-order valence-corrected chi connectivity index (χ1v) is 13.8. The van der Waals surface area contributed by atoms with Crippen LogP contribution in [0.25, 0.3) is 0 Å². The number of hydrogen-bond acceptors (Lipinski definition) is 7. The van der Waals surface area contributed by atoms with Crippen LogP contribution in [0.15, 0.2) is 89.1 Å². The highest BCUT2D eigenvalue weighted by molar-refractivity contribution is 8.00. The zero-order chi connectivity index (χ0) is 26.9. The molecular weight excluding hydrogens is 518 g/mol. The van der Waals surface area contributed by atoms with Crippen LogP contribution in [0.2, 0.25) is 0 Å². The molecule has 2 N–H and O–H groups in total. The Morgan fingerprint density at radius 1 is 0.974 bits per heavy atom. The second kappa shape index (κ2) is 13.0. The summed E-state index contributed by atoms with van der Waals surface area (Å²) < 4.78 is 4.97. The number of aromatic nitrogens is 1. The van der Waals surface area contributed by atoms with Crippen molar-refractivity contribution in [3.63, 3.8) is 0 Å². The highest BCUT2D eigenvalue weighted by Gasteiger charge is 2.23. The van der Waals surface area contributed by atoms with Gasteiger partial charge in [0.05, 0.1) is 18.7 Å². The number of amides is 2. The van der Waals surface area contributed by atoms with Gasteiger partial charge in [0.2, 0.25) is 5.91 Å². The number of benzene rings is 3. The fraction of sp³-hybridized carbons (Fsp3) is 0.172. The van der Waals surface area contributed by atoms with Gasteiger partial charge in [-0.2, -0.15) is 0 Å². The van der Waals surface area contributed by atoms with Crippen LogP contribution < -0.4 is 10.6 Å². The Kier molecular flexibility index (Phi) is 9.29. The minimum atomic E-state index is -0.573. The molecule has 4 aromatic rings. The zero-order valence-corrected chi connectivity index (χ0v) is 22.6. The topological polar surface area (TPSA) is 97.4 Å². The van der Waals surface area contributed by atoms with Crippen molar-refractivity contribution in [1.82, 2.24) is 4.98 Å². The van der Waals surface area contributed by atoms with Gasteiger partial charge < -0.3 is 15.4 Å². The number of carbonyl (C=O) groups is 3. The first-order valence-electron chi connectivity index (χ1n) is 12.0. The van der Waals surface area contributed by atoms with Gasteiger partial charge in [-0.25, -0.2) is 4.98 Å². The summed E-state index contributed by atoms with van der Waals surface area (Å²) in [6, 6.07) is 24.3. The molecule has 0 bridgehead atoms. The number of thioether (sulfide) groups is 1. The predicted molar refractivity (Wildman–Crippen MR) is 152 cm³/mol. The van der Waals surface area contributed by atoms with Gasteiger partial charge >= 0.3 is 5.97 Å². The van der Waals surface area contributed by atoms with Gasteiger partial charge in [0.15, 0.2) is 5.13 Å². The summed E-state index contributed by atoms with van der Waals surface area (Å²) >= 11 is 2.63. The smallest absolute Gasteiger partial charge is 0.311 e. The van der Waals surface area contributed by atoms with Crippen LogP contribution >= 0.6 is 23.1 Å². The molecule has 0 spiro atoms. The maximum Gasteiger partial charge on any atom is 0.311 e. The van der Waals surface area contributed by atoms with Gasteiger partial charge in [0.25, 0.3) is 5.91 Å². The Balaban J connectivity index is 1.49. The van der Waals surface area contributed by atoms with Crippen LogP contribution in [-0.4, -0.2) is 29.4 Å². The Bertz CT molecular complexity index is 1420. The van der Waals surface area contributed by atoms with E-state index in [9.17, 15) is 14.4 Å². The molecule has 0 radical (unpaired) electrons. The minimum Gasteiger partial charge on any atom is -0.466 e. The maximum absolute atomic E-state index is 13.4. The van der Waals surface area contributed by atoms with E-state index in [4.69, 9.17) is 4.74 Å². The molecule has 1 aromatic heterocycles. The third-order valence-corrected chi connectivity index (χ3v) is 7.43. The molecule has 2 amide bonds. The average Bonchev–Trinajstić information content (AvgIpc) is 3.34. The number of anilines is 2. The first kappa shape index (κ1) is 27.1. The minimum absolute atomic E-state index is 0.0537. The summed E-state index contributed by atoms with van der Waals surface area (Å²) in [6.07, 6.45) is 0.0537. The van der Waals surface area contributed by atoms with E-state index in [2.05, 4.69) is 15.6 Å². The second-order valence-corrected chi connectivity index (χ2v) is 10.4. The number of esters is 1. The van der Waals surface area contributed by atoms with E-state index in [1.54, 1.807) is 18.4 Å². The lowest BCUT2D eigenvalue weighted by atomic mass is 10.1. The maximum atomic E-state index is 13.4. The fourth-order valence-corrected chi connectivity index (χ4v) is 5.45. The molecule has 38 heavy (non-hydrogen) atoms. The van der Waals surface area contributed by atoms with Gasteiger partial charge in [-0.05, 0) is 49.7 Å². The van der Waals surface area contributed by atoms with E-state index >= 15 is 0 Å². The van der Waals surface area contributed by atoms with Crippen molar-refractivity contribution in [3.05, 3.63) is 107 Å². The number of nitrogens with one attached hydrogen (secondary N) is 2. The van der Waals surface area contributed by atoms with E-state index in [1.165, 1.54) is 23.1 Å². The van der Waals surface area contributed by atoms with Gasteiger partial charge in [0, 0.05) is 21.5 Å². The summed E-state index contributed by atoms with van der Waals surface area (Å²) in [5.41, 5.74) is 3.59. The number of ether oxygens (including phenoxy) is 1. The fourth-order valence-electron chi connectivity index (χ4n) is 3.65. The number of nitrogens with zero attached hydrogens (tertiary/aromatic N) is 1. The molecule has 0 saturated carbocycles. The molecule has 3 aromatic carbocycles. The van der Waals surface area contributed by atoms with E-state index in [1.807, 2.05) is 79.7 Å². The van der Waals surface area contributed by atoms with Crippen LogP contribution in [0.3, 0.4) is 0 Å². The van der Waals surface area contributed by atoms with E-state index in [0.717, 1.165) is 16.0 Å². The summed E-state index contributed by atoms with van der Waals surface area (Å²) in [7, 11) is 0. The predicted octanol–water partition coefficient (Wildman–Crippen LogP) is 6.28. The molecule has 4 rings (SSSR count). The van der Waals surface area contributed by atoms with Crippen molar-refractivity contribution in [2.24, 2.45) is 0 Å². The van der Waals surface area contributed by atoms with E-state index in [-0.39, 0.29) is 24.2 Å². The molecule has 1 atom stereocenters. The molecule has 0 fully saturated rings.